The van der Waals surface area contributed by atoms with Crippen molar-refractivity contribution in [2.45, 2.75) is 33.1 Å². The summed E-state index contributed by atoms with van der Waals surface area (Å²) in [6.45, 7) is 3.45. The van der Waals surface area contributed by atoms with Gasteiger partial charge in [-0.3, -0.25) is 4.99 Å². The molecule has 0 bridgehead atoms. The molecule has 0 spiro atoms. The fourth-order valence-corrected chi connectivity index (χ4v) is 3.00. The monoisotopic (exact) mass is 514 g/mol. The number of alkyl halides is 3. The van der Waals surface area contributed by atoms with Crippen molar-refractivity contribution in [3.8, 4) is 5.75 Å². The van der Waals surface area contributed by atoms with Crippen LogP contribution in [0.4, 0.5) is 13.2 Å². The number of aromatic nitrogens is 1. The van der Waals surface area contributed by atoms with E-state index in [4.69, 9.17) is 4.74 Å². The quantitative estimate of drug-likeness (QED) is 0.345. The summed E-state index contributed by atoms with van der Waals surface area (Å²) in [6, 6.07) is 6.60. The molecule has 5 nitrogen and oxygen atoms in total. The molecule has 0 radical (unpaired) electrons. The van der Waals surface area contributed by atoms with Crippen LogP contribution < -0.4 is 15.4 Å². The van der Waals surface area contributed by atoms with Crippen molar-refractivity contribution in [2.24, 2.45) is 4.99 Å². The van der Waals surface area contributed by atoms with Crippen molar-refractivity contribution in [3.05, 3.63) is 45.4 Å². The molecule has 0 aliphatic heterocycles. The van der Waals surface area contributed by atoms with Crippen LogP contribution in [0.25, 0.3) is 0 Å². The topological polar surface area (TPSA) is 58.5 Å². The smallest absolute Gasteiger partial charge is 0.422 e. The zero-order valence-electron chi connectivity index (χ0n) is 15.2. The minimum absolute atomic E-state index is 0. The van der Waals surface area contributed by atoms with Gasteiger partial charge >= 0.3 is 6.18 Å². The predicted molar refractivity (Wildman–Crippen MR) is 112 cm³/mol. The third-order valence-corrected chi connectivity index (χ3v) is 4.59. The molecular weight excluding hydrogens is 492 g/mol. The Bertz CT molecular complexity index is 745. The van der Waals surface area contributed by atoms with Gasteiger partial charge in [0.15, 0.2) is 12.6 Å². The van der Waals surface area contributed by atoms with Gasteiger partial charge in [0, 0.05) is 24.0 Å². The predicted octanol–water partition coefficient (Wildman–Crippen LogP) is 4.18. The second-order valence-electron chi connectivity index (χ2n) is 5.54. The highest BCUT2D eigenvalue weighted by molar-refractivity contribution is 14.0. The lowest BCUT2D eigenvalue weighted by Gasteiger charge is -2.15. The van der Waals surface area contributed by atoms with E-state index in [0.29, 0.717) is 18.1 Å². The van der Waals surface area contributed by atoms with Crippen molar-refractivity contribution < 1.29 is 17.9 Å². The van der Waals surface area contributed by atoms with Crippen LogP contribution in [0.5, 0.6) is 5.75 Å². The molecule has 1 aromatic heterocycles. The van der Waals surface area contributed by atoms with Crippen LogP contribution in [-0.4, -0.2) is 30.8 Å². The molecule has 2 rings (SSSR count). The lowest BCUT2D eigenvalue weighted by atomic mass is 10.2. The van der Waals surface area contributed by atoms with Crippen LogP contribution in [0.15, 0.2) is 29.3 Å². The van der Waals surface area contributed by atoms with Crippen molar-refractivity contribution >= 4 is 41.3 Å². The first-order valence-electron chi connectivity index (χ1n) is 7.93. The maximum Gasteiger partial charge on any atom is 0.422 e. The SMILES string of the molecule is CN=C(NCc1nc(C)c(C)s1)NCc1ccccc1OCC(F)(F)F.I. The molecule has 0 saturated carbocycles. The highest BCUT2D eigenvalue weighted by Gasteiger charge is 2.28. The van der Waals surface area contributed by atoms with E-state index in [1.165, 1.54) is 10.9 Å². The van der Waals surface area contributed by atoms with Crippen LogP contribution in [0.2, 0.25) is 0 Å². The summed E-state index contributed by atoms with van der Waals surface area (Å²) in [7, 11) is 1.62. The Balaban J connectivity index is 0.00000364. The first-order valence-corrected chi connectivity index (χ1v) is 8.75. The highest BCUT2D eigenvalue weighted by atomic mass is 127. The number of rotatable bonds is 6. The third-order valence-electron chi connectivity index (χ3n) is 3.51. The number of benzene rings is 1. The first-order chi connectivity index (χ1) is 12.3. The number of ether oxygens (including phenoxy) is 1. The molecule has 0 fully saturated rings. The highest BCUT2D eigenvalue weighted by Crippen LogP contribution is 2.22. The largest absolute Gasteiger partial charge is 0.484 e. The molecule has 0 saturated heterocycles. The Kier molecular flexibility index (Phi) is 9.30. The zero-order valence-corrected chi connectivity index (χ0v) is 18.3. The van der Waals surface area contributed by atoms with Crippen LogP contribution in [0.1, 0.15) is 21.1 Å². The van der Waals surface area contributed by atoms with Gasteiger partial charge in [0.05, 0.1) is 12.2 Å². The zero-order chi connectivity index (χ0) is 19.2. The Labute approximate surface area is 177 Å². The Morgan fingerprint density at radius 3 is 2.44 bits per heavy atom. The van der Waals surface area contributed by atoms with Crippen molar-refractivity contribution in [3.63, 3.8) is 0 Å². The Hall–Kier alpha value is -1.56. The van der Waals surface area contributed by atoms with Crippen LogP contribution in [-0.2, 0) is 13.1 Å². The lowest BCUT2D eigenvalue weighted by Crippen LogP contribution is -2.36. The van der Waals surface area contributed by atoms with Gasteiger partial charge < -0.3 is 15.4 Å². The fourth-order valence-electron chi connectivity index (χ4n) is 2.12. The average molecular weight is 514 g/mol. The van der Waals surface area contributed by atoms with E-state index in [1.54, 1.807) is 36.6 Å². The van der Waals surface area contributed by atoms with Crippen molar-refractivity contribution in [1.29, 1.82) is 0 Å². The van der Waals surface area contributed by atoms with E-state index in [0.717, 1.165) is 10.7 Å². The van der Waals surface area contributed by atoms with Gasteiger partial charge in [-0.25, -0.2) is 4.98 Å². The second kappa shape index (κ2) is 10.7. The molecule has 0 aliphatic rings. The van der Waals surface area contributed by atoms with Gasteiger partial charge in [-0.1, -0.05) is 18.2 Å². The van der Waals surface area contributed by atoms with Crippen LogP contribution >= 0.6 is 35.3 Å². The summed E-state index contributed by atoms with van der Waals surface area (Å²) in [4.78, 5) is 9.72. The Morgan fingerprint density at radius 2 is 1.85 bits per heavy atom. The molecule has 0 amide bonds. The summed E-state index contributed by atoms with van der Waals surface area (Å²) >= 11 is 1.61. The van der Waals surface area contributed by atoms with Gasteiger partial charge in [-0.2, -0.15) is 13.2 Å². The summed E-state index contributed by atoms with van der Waals surface area (Å²) < 4.78 is 42.0. The second-order valence-corrected chi connectivity index (χ2v) is 6.83. The number of thiazole rings is 1. The number of nitrogens with one attached hydrogen (secondary N) is 2. The van der Waals surface area contributed by atoms with Gasteiger partial charge in [-0.05, 0) is 19.9 Å². The molecule has 27 heavy (non-hydrogen) atoms. The summed E-state index contributed by atoms with van der Waals surface area (Å²) in [6.07, 6.45) is -4.37. The van der Waals surface area contributed by atoms with E-state index < -0.39 is 12.8 Å². The van der Waals surface area contributed by atoms with Gasteiger partial charge in [0.1, 0.15) is 10.8 Å². The molecule has 1 aromatic carbocycles. The van der Waals surface area contributed by atoms with Gasteiger partial charge in [0.2, 0.25) is 0 Å². The molecule has 0 unspecified atom stereocenters. The normalized spacial score (nSPS) is 11.7. The van der Waals surface area contributed by atoms with E-state index in [2.05, 4.69) is 20.6 Å². The molecule has 1 heterocycles. The lowest BCUT2D eigenvalue weighted by molar-refractivity contribution is -0.153. The fraction of sp³-hybridized carbons (Fsp3) is 0.412. The van der Waals surface area contributed by atoms with E-state index in [-0.39, 0.29) is 36.3 Å². The first kappa shape index (κ1) is 23.5. The number of nitrogens with zero attached hydrogens (tertiary/aromatic N) is 2. The average Bonchev–Trinajstić information content (AvgIpc) is 2.91. The molecule has 2 N–H and O–H groups in total. The van der Waals surface area contributed by atoms with E-state index in [1.807, 2.05) is 13.8 Å². The number of halogens is 4. The van der Waals surface area contributed by atoms with E-state index >= 15 is 0 Å². The summed E-state index contributed by atoms with van der Waals surface area (Å²) in [5.74, 6) is 0.722. The van der Waals surface area contributed by atoms with E-state index in [9.17, 15) is 13.2 Å². The minimum Gasteiger partial charge on any atom is -0.484 e. The third kappa shape index (κ3) is 7.91. The minimum atomic E-state index is -4.37. The number of hydrogen-bond acceptors (Lipinski definition) is 4. The summed E-state index contributed by atoms with van der Waals surface area (Å²) in [5, 5.41) is 7.15. The maximum absolute atomic E-state index is 12.4. The summed E-state index contributed by atoms with van der Waals surface area (Å²) in [5.41, 5.74) is 1.62. The maximum atomic E-state index is 12.4. The number of aryl methyl sites for hydroxylation is 2. The van der Waals surface area contributed by atoms with Crippen LogP contribution in [0, 0.1) is 13.8 Å². The van der Waals surface area contributed by atoms with Gasteiger partial charge in [-0.15, -0.1) is 35.3 Å². The standard InChI is InChI=1S/C17H21F3N4OS.HI/c1-11-12(2)26-15(24-11)9-23-16(21-3)22-8-13-6-4-5-7-14(13)25-10-17(18,19)20;/h4-7H,8-10H2,1-3H3,(H2,21,22,23);1H. The molecule has 0 atom stereocenters. The molecular formula is C17H22F3IN4OS. The van der Waals surface area contributed by atoms with Gasteiger partial charge in [0.25, 0.3) is 0 Å². The molecule has 0 aliphatic carbocycles. The molecule has 2 aromatic rings. The number of guanidine groups is 1. The number of hydrogen-bond donors (Lipinski definition) is 2. The molecule has 150 valence electrons. The molecule has 10 heteroatoms. The number of para-hydroxylation sites is 1. The Morgan fingerprint density at radius 1 is 1.19 bits per heavy atom. The number of aliphatic imine (C=N–C) groups is 1. The van der Waals surface area contributed by atoms with Crippen molar-refractivity contribution in [1.82, 2.24) is 15.6 Å². The van der Waals surface area contributed by atoms with Crippen LogP contribution in [0.3, 0.4) is 0 Å². The van der Waals surface area contributed by atoms with Crippen molar-refractivity contribution in [2.75, 3.05) is 13.7 Å².